The SMILES string of the molecule is CCCC(C)C1(O)CCCOC1. The zero-order valence-electron chi connectivity index (χ0n) is 8.18. The van der Waals surface area contributed by atoms with Crippen LogP contribution in [0.15, 0.2) is 0 Å². The maximum Gasteiger partial charge on any atom is 0.0906 e. The second-order valence-corrected chi connectivity index (χ2v) is 3.95. The summed E-state index contributed by atoms with van der Waals surface area (Å²) in [5.41, 5.74) is -0.533. The Morgan fingerprint density at radius 1 is 1.58 bits per heavy atom. The quantitative estimate of drug-likeness (QED) is 0.705. The topological polar surface area (TPSA) is 29.5 Å². The normalized spacial score (nSPS) is 33.2. The monoisotopic (exact) mass is 172 g/mol. The summed E-state index contributed by atoms with van der Waals surface area (Å²) in [6.07, 6.45) is 4.15. The molecule has 1 aliphatic rings. The Balaban J connectivity index is 2.44. The summed E-state index contributed by atoms with van der Waals surface area (Å²) in [6.45, 7) is 5.64. The van der Waals surface area contributed by atoms with E-state index < -0.39 is 5.60 Å². The van der Waals surface area contributed by atoms with Gasteiger partial charge in [-0.2, -0.15) is 0 Å². The summed E-state index contributed by atoms with van der Waals surface area (Å²) >= 11 is 0. The summed E-state index contributed by atoms with van der Waals surface area (Å²) in [5.74, 6) is 0.378. The van der Waals surface area contributed by atoms with E-state index in [1.165, 1.54) is 0 Å². The van der Waals surface area contributed by atoms with Crippen LogP contribution in [0, 0.1) is 5.92 Å². The van der Waals surface area contributed by atoms with Gasteiger partial charge in [0.2, 0.25) is 0 Å². The Morgan fingerprint density at radius 3 is 2.83 bits per heavy atom. The first-order valence-electron chi connectivity index (χ1n) is 4.99. The van der Waals surface area contributed by atoms with Crippen molar-refractivity contribution in [1.82, 2.24) is 0 Å². The predicted octanol–water partition coefficient (Wildman–Crippen LogP) is 1.96. The van der Waals surface area contributed by atoms with Gasteiger partial charge in [0.1, 0.15) is 0 Å². The lowest BCUT2D eigenvalue weighted by atomic mass is 9.82. The molecule has 0 aliphatic carbocycles. The minimum absolute atomic E-state index is 0.378. The summed E-state index contributed by atoms with van der Waals surface area (Å²) in [6, 6.07) is 0. The van der Waals surface area contributed by atoms with Gasteiger partial charge in [-0.15, -0.1) is 0 Å². The minimum atomic E-state index is -0.533. The molecule has 72 valence electrons. The molecule has 0 aromatic carbocycles. The molecule has 1 aliphatic heterocycles. The van der Waals surface area contributed by atoms with Gasteiger partial charge in [-0.1, -0.05) is 20.3 Å². The van der Waals surface area contributed by atoms with Crippen molar-refractivity contribution in [2.75, 3.05) is 13.2 Å². The number of rotatable bonds is 3. The zero-order valence-corrected chi connectivity index (χ0v) is 8.18. The Bertz CT molecular complexity index is 128. The molecule has 2 unspecified atom stereocenters. The molecule has 1 N–H and O–H groups in total. The van der Waals surface area contributed by atoms with Crippen molar-refractivity contribution in [3.05, 3.63) is 0 Å². The van der Waals surface area contributed by atoms with Crippen LogP contribution in [0.5, 0.6) is 0 Å². The van der Waals surface area contributed by atoms with Crippen molar-refractivity contribution in [1.29, 1.82) is 0 Å². The highest BCUT2D eigenvalue weighted by atomic mass is 16.5. The molecule has 0 bridgehead atoms. The maximum absolute atomic E-state index is 10.1. The third-order valence-electron chi connectivity index (χ3n) is 2.89. The smallest absolute Gasteiger partial charge is 0.0906 e. The lowest BCUT2D eigenvalue weighted by Crippen LogP contribution is -2.44. The molecule has 1 fully saturated rings. The van der Waals surface area contributed by atoms with Gasteiger partial charge in [-0.25, -0.2) is 0 Å². The molecule has 2 nitrogen and oxygen atoms in total. The van der Waals surface area contributed by atoms with Crippen LogP contribution in [0.25, 0.3) is 0 Å². The van der Waals surface area contributed by atoms with E-state index in [-0.39, 0.29) is 0 Å². The fraction of sp³-hybridized carbons (Fsp3) is 1.00. The second-order valence-electron chi connectivity index (χ2n) is 3.95. The van der Waals surface area contributed by atoms with Gasteiger partial charge in [-0.05, 0) is 25.2 Å². The number of hydrogen-bond acceptors (Lipinski definition) is 2. The molecule has 0 aromatic heterocycles. The predicted molar refractivity (Wildman–Crippen MR) is 49.1 cm³/mol. The van der Waals surface area contributed by atoms with E-state index in [1.807, 2.05) is 0 Å². The van der Waals surface area contributed by atoms with Gasteiger partial charge in [0.15, 0.2) is 0 Å². The van der Waals surface area contributed by atoms with Crippen LogP contribution in [0.2, 0.25) is 0 Å². The van der Waals surface area contributed by atoms with Crippen molar-refractivity contribution in [3.8, 4) is 0 Å². The Morgan fingerprint density at radius 2 is 2.33 bits per heavy atom. The molecule has 0 spiro atoms. The van der Waals surface area contributed by atoms with Gasteiger partial charge < -0.3 is 9.84 Å². The molecule has 1 saturated heterocycles. The molecule has 2 heteroatoms. The highest BCUT2D eigenvalue weighted by Gasteiger charge is 2.35. The van der Waals surface area contributed by atoms with E-state index in [0.717, 1.165) is 32.3 Å². The van der Waals surface area contributed by atoms with Gasteiger partial charge in [0.25, 0.3) is 0 Å². The van der Waals surface area contributed by atoms with Gasteiger partial charge in [0.05, 0.1) is 12.2 Å². The third-order valence-corrected chi connectivity index (χ3v) is 2.89. The Hall–Kier alpha value is -0.0800. The standard InChI is InChI=1S/C10H20O2/c1-3-5-9(2)10(11)6-4-7-12-8-10/h9,11H,3-8H2,1-2H3. The average molecular weight is 172 g/mol. The van der Waals surface area contributed by atoms with E-state index >= 15 is 0 Å². The maximum atomic E-state index is 10.1. The lowest BCUT2D eigenvalue weighted by Gasteiger charge is -2.37. The van der Waals surface area contributed by atoms with Crippen molar-refractivity contribution in [3.63, 3.8) is 0 Å². The number of ether oxygens (including phenoxy) is 1. The first-order chi connectivity index (χ1) is 5.69. The van der Waals surface area contributed by atoms with Gasteiger partial charge >= 0.3 is 0 Å². The molecule has 0 saturated carbocycles. The first-order valence-corrected chi connectivity index (χ1v) is 4.99. The van der Waals surface area contributed by atoms with Crippen LogP contribution < -0.4 is 0 Å². The highest BCUT2D eigenvalue weighted by Crippen LogP contribution is 2.29. The van der Waals surface area contributed by atoms with Gasteiger partial charge in [-0.3, -0.25) is 0 Å². The van der Waals surface area contributed by atoms with Crippen LogP contribution >= 0.6 is 0 Å². The fourth-order valence-electron chi connectivity index (χ4n) is 1.89. The summed E-state index contributed by atoms with van der Waals surface area (Å²) in [7, 11) is 0. The summed E-state index contributed by atoms with van der Waals surface area (Å²) in [5, 5.41) is 10.1. The van der Waals surface area contributed by atoms with E-state index in [9.17, 15) is 5.11 Å². The van der Waals surface area contributed by atoms with Crippen molar-refractivity contribution >= 4 is 0 Å². The van der Waals surface area contributed by atoms with E-state index in [1.54, 1.807) is 0 Å². The largest absolute Gasteiger partial charge is 0.387 e. The molecule has 12 heavy (non-hydrogen) atoms. The minimum Gasteiger partial charge on any atom is -0.387 e. The molecule has 1 heterocycles. The lowest BCUT2D eigenvalue weighted by molar-refractivity contribution is -0.117. The Labute approximate surface area is 74.9 Å². The first kappa shape index (κ1) is 10.0. The molecule has 0 amide bonds. The fourth-order valence-corrected chi connectivity index (χ4v) is 1.89. The summed E-state index contributed by atoms with van der Waals surface area (Å²) < 4.78 is 5.30. The van der Waals surface area contributed by atoms with Crippen molar-refractivity contribution in [2.24, 2.45) is 5.92 Å². The highest BCUT2D eigenvalue weighted by molar-refractivity contribution is 4.85. The van der Waals surface area contributed by atoms with Crippen LogP contribution in [-0.2, 0) is 4.74 Å². The van der Waals surface area contributed by atoms with Crippen LogP contribution in [0.4, 0.5) is 0 Å². The van der Waals surface area contributed by atoms with Crippen LogP contribution in [0.1, 0.15) is 39.5 Å². The molecule has 2 atom stereocenters. The van der Waals surface area contributed by atoms with Crippen molar-refractivity contribution < 1.29 is 9.84 Å². The van der Waals surface area contributed by atoms with E-state index in [4.69, 9.17) is 4.74 Å². The molecular formula is C10H20O2. The van der Waals surface area contributed by atoms with E-state index in [0.29, 0.717) is 12.5 Å². The zero-order chi connectivity index (χ0) is 9.03. The molecule has 0 radical (unpaired) electrons. The summed E-state index contributed by atoms with van der Waals surface area (Å²) in [4.78, 5) is 0. The number of hydrogen-bond donors (Lipinski definition) is 1. The molecule has 0 aromatic rings. The average Bonchev–Trinajstić information content (AvgIpc) is 2.06. The molecule has 1 rings (SSSR count). The van der Waals surface area contributed by atoms with Crippen LogP contribution in [-0.4, -0.2) is 23.9 Å². The second kappa shape index (κ2) is 4.24. The third kappa shape index (κ3) is 2.20. The van der Waals surface area contributed by atoms with Gasteiger partial charge in [0, 0.05) is 6.61 Å². The van der Waals surface area contributed by atoms with E-state index in [2.05, 4.69) is 13.8 Å². The number of aliphatic hydroxyl groups is 1. The molecular weight excluding hydrogens is 152 g/mol. The van der Waals surface area contributed by atoms with Crippen molar-refractivity contribution in [2.45, 2.75) is 45.1 Å². The Kier molecular flexibility index (Phi) is 3.53. The van der Waals surface area contributed by atoms with Crippen LogP contribution in [0.3, 0.4) is 0 Å².